The zero-order valence-electron chi connectivity index (χ0n) is 16.1. The molecule has 1 amide bonds. The van der Waals surface area contributed by atoms with Crippen molar-refractivity contribution < 1.29 is 18.0 Å². The highest BCUT2D eigenvalue weighted by atomic mass is 19.4. The van der Waals surface area contributed by atoms with Gasteiger partial charge in [-0.3, -0.25) is 4.79 Å². The van der Waals surface area contributed by atoms with E-state index in [4.69, 9.17) is 0 Å². The molecule has 2 aromatic carbocycles. The highest BCUT2D eigenvalue weighted by Gasteiger charge is 2.30. The summed E-state index contributed by atoms with van der Waals surface area (Å²) in [6, 6.07) is 19.4. The number of hydrogen-bond acceptors (Lipinski definition) is 4. The molecule has 0 aliphatic heterocycles. The molecule has 0 radical (unpaired) electrons. The molecule has 2 aromatic heterocycles. The van der Waals surface area contributed by atoms with E-state index < -0.39 is 17.6 Å². The molecule has 0 saturated carbocycles. The highest BCUT2D eigenvalue weighted by molar-refractivity contribution is 5.94. The van der Waals surface area contributed by atoms with Gasteiger partial charge in [-0.05, 0) is 41.3 Å². The molecule has 2 N–H and O–H groups in total. The molecule has 0 aliphatic carbocycles. The molecular formula is C23H17F3N4O. The van der Waals surface area contributed by atoms with E-state index >= 15 is 0 Å². The highest BCUT2D eigenvalue weighted by Crippen LogP contribution is 2.29. The first-order valence-corrected chi connectivity index (χ1v) is 9.42. The molecule has 0 saturated heterocycles. The maximum atomic E-state index is 12.8. The summed E-state index contributed by atoms with van der Waals surface area (Å²) in [5, 5.41) is 7.63. The Hall–Kier alpha value is -3.94. The molecule has 31 heavy (non-hydrogen) atoms. The SMILES string of the molecule is O=C(NCc1cccc(C(F)(F)F)c1)c1cccc(Nc2nccc3ccccc23)n1. The van der Waals surface area contributed by atoms with Gasteiger partial charge in [0.2, 0.25) is 0 Å². The fourth-order valence-electron chi connectivity index (χ4n) is 3.10. The van der Waals surface area contributed by atoms with Gasteiger partial charge in [-0.15, -0.1) is 0 Å². The summed E-state index contributed by atoms with van der Waals surface area (Å²) in [6.07, 6.45) is -2.76. The van der Waals surface area contributed by atoms with Crippen LogP contribution in [0.1, 0.15) is 21.6 Å². The Kier molecular flexibility index (Phi) is 5.53. The van der Waals surface area contributed by atoms with Gasteiger partial charge in [0.1, 0.15) is 17.3 Å². The maximum Gasteiger partial charge on any atom is 0.416 e. The number of fused-ring (bicyclic) bond motifs is 1. The number of amides is 1. The molecule has 8 heteroatoms. The fraction of sp³-hybridized carbons (Fsp3) is 0.0870. The van der Waals surface area contributed by atoms with Crippen LogP contribution in [0.4, 0.5) is 24.8 Å². The van der Waals surface area contributed by atoms with Crippen molar-refractivity contribution in [3.63, 3.8) is 0 Å². The number of anilines is 2. The Morgan fingerprint density at radius 3 is 2.58 bits per heavy atom. The summed E-state index contributed by atoms with van der Waals surface area (Å²) in [5.74, 6) is 0.537. The van der Waals surface area contributed by atoms with Crippen LogP contribution in [-0.4, -0.2) is 15.9 Å². The number of halogens is 3. The minimum atomic E-state index is -4.43. The fourth-order valence-corrected chi connectivity index (χ4v) is 3.10. The zero-order valence-corrected chi connectivity index (χ0v) is 16.1. The first kappa shape index (κ1) is 20.3. The van der Waals surface area contributed by atoms with Gasteiger partial charge in [0.25, 0.3) is 5.91 Å². The number of carbonyl (C=O) groups excluding carboxylic acids is 1. The predicted molar refractivity (Wildman–Crippen MR) is 112 cm³/mol. The largest absolute Gasteiger partial charge is 0.416 e. The number of alkyl halides is 3. The van der Waals surface area contributed by atoms with E-state index in [1.54, 1.807) is 18.3 Å². The number of carbonyl (C=O) groups is 1. The Bertz CT molecular complexity index is 1240. The molecule has 0 spiro atoms. The lowest BCUT2D eigenvalue weighted by atomic mass is 10.1. The van der Waals surface area contributed by atoms with E-state index in [-0.39, 0.29) is 12.2 Å². The van der Waals surface area contributed by atoms with E-state index in [1.165, 1.54) is 18.2 Å². The quantitative estimate of drug-likeness (QED) is 0.457. The van der Waals surface area contributed by atoms with Crippen molar-refractivity contribution in [2.75, 3.05) is 5.32 Å². The molecular weight excluding hydrogens is 405 g/mol. The molecule has 156 valence electrons. The summed E-state index contributed by atoms with van der Waals surface area (Å²) < 4.78 is 38.5. The molecule has 0 bridgehead atoms. The number of pyridine rings is 2. The number of aromatic nitrogens is 2. The lowest BCUT2D eigenvalue weighted by Crippen LogP contribution is -2.24. The Morgan fingerprint density at radius 2 is 1.74 bits per heavy atom. The van der Waals surface area contributed by atoms with Crippen LogP contribution < -0.4 is 10.6 Å². The molecule has 5 nitrogen and oxygen atoms in total. The van der Waals surface area contributed by atoms with Crippen LogP contribution in [0.25, 0.3) is 10.8 Å². The Labute approximate surface area is 176 Å². The van der Waals surface area contributed by atoms with Crippen molar-refractivity contribution in [1.82, 2.24) is 15.3 Å². The van der Waals surface area contributed by atoms with Gasteiger partial charge < -0.3 is 10.6 Å². The van der Waals surface area contributed by atoms with Gasteiger partial charge in [-0.25, -0.2) is 9.97 Å². The molecule has 4 rings (SSSR count). The van der Waals surface area contributed by atoms with Gasteiger partial charge >= 0.3 is 6.18 Å². The van der Waals surface area contributed by atoms with Crippen molar-refractivity contribution in [2.45, 2.75) is 12.7 Å². The summed E-state index contributed by atoms with van der Waals surface area (Å²) in [7, 11) is 0. The van der Waals surface area contributed by atoms with Gasteiger partial charge in [-0.1, -0.05) is 42.5 Å². The number of rotatable bonds is 5. The minimum absolute atomic E-state index is 0.0486. The third kappa shape index (κ3) is 4.80. The van der Waals surface area contributed by atoms with E-state index in [1.807, 2.05) is 30.3 Å². The van der Waals surface area contributed by atoms with E-state index in [2.05, 4.69) is 20.6 Å². The number of benzene rings is 2. The van der Waals surface area contributed by atoms with Crippen molar-refractivity contribution >= 4 is 28.3 Å². The monoisotopic (exact) mass is 422 g/mol. The topological polar surface area (TPSA) is 66.9 Å². The molecule has 0 unspecified atom stereocenters. The van der Waals surface area contributed by atoms with Crippen LogP contribution in [0.5, 0.6) is 0 Å². The zero-order chi connectivity index (χ0) is 21.8. The Morgan fingerprint density at radius 1 is 0.935 bits per heavy atom. The standard InChI is InChI=1S/C23H17F3N4O/c24-23(25,26)17-7-3-5-15(13-17)14-28-22(31)19-9-4-10-20(29-19)30-21-18-8-2-1-6-16(18)11-12-27-21/h1-13H,14H2,(H,28,31)(H,27,29,30). The van der Waals surface area contributed by atoms with E-state index in [0.29, 0.717) is 17.2 Å². The Balaban J connectivity index is 1.47. The number of nitrogens with zero attached hydrogens (tertiary/aromatic N) is 2. The molecule has 0 aliphatic rings. The molecule has 2 heterocycles. The summed E-state index contributed by atoms with van der Waals surface area (Å²) >= 11 is 0. The van der Waals surface area contributed by atoms with Gasteiger partial charge in [0.15, 0.2) is 0 Å². The first-order chi connectivity index (χ1) is 14.9. The average molecular weight is 422 g/mol. The van der Waals surface area contributed by atoms with Gasteiger partial charge in [0, 0.05) is 18.1 Å². The van der Waals surface area contributed by atoms with Crippen LogP contribution in [0, 0.1) is 0 Å². The molecule has 0 fully saturated rings. The van der Waals surface area contributed by atoms with Crippen LogP contribution in [-0.2, 0) is 12.7 Å². The van der Waals surface area contributed by atoms with Crippen LogP contribution >= 0.6 is 0 Å². The molecule has 0 atom stereocenters. The summed E-state index contributed by atoms with van der Waals surface area (Å²) in [6.45, 7) is -0.0486. The van der Waals surface area contributed by atoms with E-state index in [0.717, 1.165) is 22.9 Å². The van der Waals surface area contributed by atoms with Crippen LogP contribution in [0.15, 0.2) is 79.0 Å². The number of hydrogen-bond donors (Lipinski definition) is 2. The van der Waals surface area contributed by atoms with Crippen molar-refractivity contribution in [1.29, 1.82) is 0 Å². The number of nitrogens with one attached hydrogen (secondary N) is 2. The van der Waals surface area contributed by atoms with Crippen molar-refractivity contribution in [2.24, 2.45) is 0 Å². The minimum Gasteiger partial charge on any atom is -0.347 e. The first-order valence-electron chi connectivity index (χ1n) is 9.42. The van der Waals surface area contributed by atoms with E-state index in [9.17, 15) is 18.0 Å². The van der Waals surface area contributed by atoms with Crippen molar-refractivity contribution in [3.8, 4) is 0 Å². The molecule has 4 aromatic rings. The van der Waals surface area contributed by atoms with Crippen LogP contribution in [0.2, 0.25) is 0 Å². The normalized spacial score (nSPS) is 11.3. The van der Waals surface area contributed by atoms with Crippen molar-refractivity contribution in [3.05, 3.63) is 95.8 Å². The second kappa shape index (κ2) is 8.43. The third-order valence-electron chi connectivity index (χ3n) is 4.61. The average Bonchev–Trinajstić information content (AvgIpc) is 2.77. The smallest absolute Gasteiger partial charge is 0.347 e. The lowest BCUT2D eigenvalue weighted by molar-refractivity contribution is -0.137. The maximum absolute atomic E-state index is 12.8. The lowest BCUT2D eigenvalue weighted by Gasteiger charge is -2.11. The third-order valence-corrected chi connectivity index (χ3v) is 4.61. The second-order valence-corrected chi connectivity index (χ2v) is 6.79. The predicted octanol–water partition coefficient (Wildman–Crippen LogP) is 5.32. The summed E-state index contributed by atoms with van der Waals surface area (Å²) in [4.78, 5) is 21.1. The van der Waals surface area contributed by atoms with Gasteiger partial charge in [0.05, 0.1) is 5.56 Å². The summed E-state index contributed by atoms with van der Waals surface area (Å²) in [5.41, 5.74) is -0.277. The second-order valence-electron chi connectivity index (χ2n) is 6.79. The van der Waals surface area contributed by atoms with Gasteiger partial charge in [-0.2, -0.15) is 13.2 Å². The van der Waals surface area contributed by atoms with Crippen LogP contribution in [0.3, 0.4) is 0 Å².